The number of rotatable bonds is 3. The summed E-state index contributed by atoms with van der Waals surface area (Å²) >= 11 is 3.42. The van der Waals surface area contributed by atoms with Crippen molar-refractivity contribution in [3.05, 3.63) is 83.5 Å². The van der Waals surface area contributed by atoms with Gasteiger partial charge in [-0.05, 0) is 55.3 Å². The van der Waals surface area contributed by atoms with Gasteiger partial charge in [0, 0.05) is 10.7 Å². The summed E-state index contributed by atoms with van der Waals surface area (Å²) in [5.74, 6) is -1.60. The number of benzene rings is 2. The summed E-state index contributed by atoms with van der Waals surface area (Å²) in [5.41, 5.74) is 0.855. The van der Waals surface area contributed by atoms with Gasteiger partial charge < -0.3 is 5.11 Å². The summed E-state index contributed by atoms with van der Waals surface area (Å²) < 4.78 is 1.83. The Hall–Kier alpha value is -3.79. The normalized spacial score (nSPS) is 13.0. The lowest BCUT2D eigenvalue weighted by Crippen LogP contribution is -2.31. The number of aromatic nitrogens is 2. The molecule has 0 saturated carbocycles. The summed E-state index contributed by atoms with van der Waals surface area (Å²) in [6.07, 6.45) is 1.10. The van der Waals surface area contributed by atoms with Crippen LogP contribution in [0.1, 0.15) is 37.4 Å². The fraction of sp³-hybridized carbons (Fsp3) is 0.0952. The van der Waals surface area contributed by atoms with Crippen LogP contribution in [-0.4, -0.2) is 32.7 Å². The standard InChI is InChI=1S/C21H15BrN4O5/c1-9-10(2)16(6-5-15(9)22)26-20(30)14(19(29)25-21(26)31)8-23-11-3-4-12-13(7-11)18(28)24-17(12)27/h3-8,30H,1-2H3,(H,24,27,28)(H,25,29,31). The van der Waals surface area contributed by atoms with E-state index in [2.05, 4.69) is 31.2 Å². The first kappa shape index (κ1) is 20.5. The van der Waals surface area contributed by atoms with Gasteiger partial charge in [-0.25, -0.2) is 9.36 Å². The summed E-state index contributed by atoms with van der Waals surface area (Å²) in [6.45, 7) is 3.64. The summed E-state index contributed by atoms with van der Waals surface area (Å²) in [5, 5.41) is 12.9. The number of aromatic hydroxyl groups is 1. The predicted molar refractivity (Wildman–Crippen MR) is 117 cm³/mol. The van der Waals surface area contributed by atoms with Crippen molar-refractivity contribution in [2.45, 2.75) is 13.8 Å². The Kier molecular flexibility index (Phi) is 4.94. The molecule has 2 amide bonds. The number of aromatic amines is 1. The maximum atomic E-state index is 12.4. The molecule has 0 aliphatic carbocycles. The molecule has 31 heavy (non-hydrogen) atoms. The van der Waals surface area contributed by atoms with Crippen molar-refractivity contribution >= 4 is 39.6 Å². The van der Waals surface area contributed by atoms with E-state index >= 15 is 0 Å². The average molecular weight is 483 g/mol. The molecule has 1 aliphatic rings. The van der Waals surface area contributed by atoms with Gasteiger partial charge in [0.05, 0.1) is 22.5 Å². The van der Waals surface area contributed by atoms with E-state index in [9.17, 15) is 24.3 Å². The Labute approximate surface area is 183 Å². The fourth-order valence-corrected chi connectivity index (χ4v) is 3.70. The summed E-state index contributed by atoms with van der Waals surface area (Å²) in [4.78, 5) is 54.5. The average Bonchev–Trinajstić information content (AvgIpc) is 3.00. The molecule has 3 aromatic rings. The van der Waals surface area contributed by atoms with Crippen LogP contribution in [0.5, 0.6) is 5.88 Å². The zero-order valence-corrected chi connectivity index (χ0v) is 17.9. The van der Waals surface area contributed by atoms with Crippen molar-refractivity contribution in [3.63, 3.8) is 0 Å². The van der Waals surface area contributed by atoms with Gasteiger partial charge in [0.25, 0.3) is 17.4 Å². The smallest absolute Gasteiger partial charge is 0.335 e. The molecule has 3 N–H and O–H groups in total. The van der Waals surface area contributed by atoms with Crippen LogP contribution < -0.4 is 16.6 Å². The molecule has 0 unspecified atom stereocenters. The van der Waals surface area contributed by atoms with Crippen LogP contribution in [-0.2, 0) is 0 Å². The summed E-state index contributed by atoms with van der Waals surface area (Å²) in [6, 6.07) is 7.72. The SMILES string of the molecule is Cc1c(Br)ccc(-n2c(O)c(C=Nc3ccc4c(c3)C(=O)NC4=O)c(=O)[nH]c2=O)c1C. The Morgan fingerprint density at radius 2 is 1.71 bits per heavy atom. The quantitative estimate of drug-likeness (QED) is 0.388. The molecule has 2 heterocycles. The number of imide groups is 1. The van der Waals surface area contributed by atoms with Gasteiger partial charge in [0.1, 0.15) is 5.56 Å². The van der Waals surface area contributed by atoms with Crippen molar-refractivity contribution in [1.82, 2.24) is 14.9 Å². The lowest BCUT2D eigenvalue weighted by Gasteiger charge is -2.14. The minimum absolute atomic E-state index is 0.170. The third-order valence-electron chi connectivity index (χ3n) is 5.12. The van der Waals surface area contributed by atoms with Crippen LogP contribution >= 0.6 is 15.9 Å². The zero-order chi connectivity index (χ0) is 22.4. The number of carbonyl (C=O) groups is 2. The van der Waals surface area contributed by atoms with E-state index in [0.29, 0.717) is 5.69 Å². The van der Waals surface area contributed by atoms with Crippen LogP contribution in [0.15, 0.2) is 49.4 Å². The molecule has 0 saturated heterocycles. The number of halogens is 1. The van der Waals surface area contributed by atoms with Gasteiger partial charge in [0.15, 0.2) is 0 Å². The Balaban J connectivity index is 1.82. The maximum Gasteiger partial charge on any atom is 0.335 e. The number of hydrogen-bond donors (Lipinski definition) is 3. The van der Waals surface area contributed by atoms with E-state index in [1.165, 1.54) is 18.2 Å². The molecule has 0 radical (unpaired) electrons. The number of fused-ring (bicyclic) bond motifs is 1. The molecule has 9 nitrogen and oxygen atoms in total. The Morgan fingerprint density at radius 3 is 2.45 bits per heavy atom. The third kappa shape index (κ3) is 3.40. The first-order valence-corrected chi connectivity index (χ1v) is 9.86. The largest absolute Gasteiger partial charge is 0.493 e. The second kappa shape index (κ2) is 7.47. The second-order valence-electron chi connectivity index (χ2n) is 6.92. The highest BCUT2D eigenvalue weighted by Gasteiger charge is 2.26. The van der Waals surface area contributed by atoms with Gasteiger partial charge >= 0.3 is 5.69 Å². The zero-order valence-electron chi connectivity index (χ0n) is 16.3. The molecule has 4 rings (SSSR count). The highest BCUT2D eigenvalue weighted by atomic mass is 79.9. The number of aliphatic imine (C=N–C) groups is 1. The van der Waals surface area contributed by atoms with Gasteiger partial charge in [0.2, 0.25) is 5.88 Å². The molecular weight excluding hydrogens is 468 g/mol. The fourth-order valence-electron chi connectivity index (χ4n) is 3.27. The number of H-pyrrole nitrogens is 1. The third-order valence-corrected chi connectivity index (χ3v) is 5.98. The minimum Gasteiger partial charge on any atom is -0.493 e. The molecule has 156 valence electrons. The number of amides is 2. The van der Waals surface area contributed by atoms with Crippen LogP contribution in [0, 0.1) is 13.8 Å². The Bertz CT molecular complexity index is 1430. The van der Waals surface area contributed by atoms with Gasteiger partial charge in [-0.15, -0.1) is 0 Å². The number of nitrogens with one attached hydrogen (secondary N) is 2. The molecule has 0 fully saturated rings. The van der Waals surface area contributed by atoms with E-state index < -0.39 is 28.9 Å². The monoisotopic (exact) mass is 482 g/mol. The molecular formula is C21H15BrN4O5. The Morgan fingerprint density at radius 1 is 1.00 bits per heavy atom. The topological polar surface area (TPSA) is 134 Å². The van der Waals surface area contributed by atoms with E-state index in [1.54, 1.807) is 19.1 Å². The van der Waals surface area contributed by atoms with Crippen LogP contribution in [0.2, 0.25) is 0 Å². The van der Waals surface area contributed by atoms with Crippen LogP contribution in [0.3, 0.4) is 0 Å². The maximum absolute atomic E-state index is 12.4. The molecule has 0 bridgehead atoms. The predicted octanol–water partition coefficient (Wildman–Crippen LogP) is 2.24. The number of carbonyl (C=O) groups excluding carboxylic acids is 2. The first-order valence-electron chi connectivity index (χ1n) is 9.07. The van der Waals surface area contributed by atoms with Crippen molar-refractivity contribution in [2.75, 3.05) is 0 Å². The van der Waals surface area contributed by atoms with E-state index in [4.69, 9.17) is 0 Å². The minimum atomic E-state index is -0.817. The lowest BCUT2D eigenvalue weighted by molar-refractivity contribution is 0.0879. The summed E-state index contributed by atoms with van der Waals surface area (Å²) in [7, 11) is 0. The van der Waals surface area contributed by atoms with Crippen LogP contribution in [0.4, 0.5) is 5.69 Å². The van der Waals surface area contributed by atoms with Crippen molar-refractivity contribution in [2.24, 2.45) is 4.99 Å². The van der Waals surface area contributed by atoms with Crippen molar-refractivity contribution < 1.29 is 14.7 Å². The van der Waals surface area contributed by atoms with Gasteiger partial charge in [-0.2, -0.15) is 0 Å². The number of hydrogen-bond acceptors (Lipinski definition) is 6. The lowest BCUT2D eigenvalue weighted by atomic mass is 10.1. The van der Waals surface area contributed by atoms with Gasteiger partial charge in [-0.1, -0.05) is 15.9 Å². The van der Waals surface area contributed by atoms with Crippen molar-refractivity contribution in [3.8, 4) is 11.6 Å². The van der Waals surface area contributed by atoms with Gasteiger partial charge in [-0.3, -0.25) is 29.7 Å². The first-order chi connectivity index (χ1) is 14.7. The van der Waals surface area contributed by atoms with E-state index in [0.717, 1.165) is 26.4 Å². The van der Waals surface area contributed by atoms with E-state index in [-0.39, 0.29) is 22.4 Å². The molecule has 1 aliphatic heterocycles. The second-order valence-corrected chi connectivity index (χ2v) is 7.77. The molecule has 1 aromatic heterocycles. The molecule has 0 spiro atoms. The molecule has 0 atom stereocenters. The molecule has 10 heteroatoms. The van der Waals surface area contributed by atoms with Crippen LogP contribution in [0.25, 0.3) is 5.69 Å². The molecule has 2 aromatic carbocycles. The highest BCUT2D eigenvalue weighted by molar-refractivity contribution is 9.10. The van der Waals surface area contributed by atoms with Crippen molar-refractivity contribution in [1.29, 1.82) is 0 Å². The highest BCUT2D eigenvalue weighted by Crippen LogP contribution is 2.27. The van der Waals surface area contributed by atoms with E-state index in [1.807, 2.05) is 6.92 Å². The number of nitrogens with zero attached hydrogens (tertiary/aromatic N) is 2.